The number of ether oxygens (including phenoxy) is 2. The average Bonchev–Trinajstić information content (AvgIpc) is 3.07. The number of hydrogen-bond acceptors (Lipinski definition) is 9. The van der Waals surface area contributed by atoms with Gasteiger partial charge in [-0.15, -0.1) is 0 Å². The number of morpholine rings is 2. The van der Waals surface area contributed by atoms with E-state index in [1.807, 2.05) is 0 Å². The van der Waals surface area contributed by atoms with Crippen molar-refractivity contribution in [3.8, 4) is 11.4 Å². The van der Waals surface area contributed by atoms with Gasteiger partial charge in [0.2, 0.25) is 5.95 Å². The van der Waals surface area contributed by atoms with Crippen LogP contribution in [0.15, 0.2) is 12.4 Å². The lowest BCUT2D eigenvalue weighted by Gasteiger charge is -2.31. The molecule has 2 N–H and O–H groups in total. The van der Waals surface area contributed by atoms with E-state index in [0.29, 0.717) is 11.9 Å². The number of hydrogen-bond donors (Lipinski definition) is 1. The molecule has 1 unspecified atom stereocenters. The molecule has 2 saturated heterocycles. The van der Waals surface area contributed by atoms with Gasteiger partial charge in [0, 0.05) is 44.0 Å². The van der Waals surface area contributed by atoms with Gasteiger partial charge in [0.05, 0.1) is 38.0 Å². The number of fused-ring (bicyclic) bond motifs is 3. The second-order valence-corrected chi connectivity index (χ2v) is 6.73. The molecule has 3 aliphatic rings. The summed E-state index contributed by atoms with van der Waals surface area (Å²) in [7, 11) is 0. The summed E-state index contributed by atoms with van der Waals surface area (Å²) in [6, 6.07) is 0.339. The van der Waals surface area contributed by atoms with Crippen LogP contribution < -0.4 is 15.5 Å². The van der Waals surface area contributed by atoms with Crippen LogP contribution in [0.25, 0.3) is 11.4 Å². The van der Waals surface area contributed by atoms with E-state index < -0.39 is 0 Å². The first kappa shape index (κ1) is 15.7. The second kappa shape index (κ2) is 6.33. The summed E-state index contributed by atoms with van der Waals surface area (Å²) >= 11 is 0. The van der Waals surface area contributed by atoms with Crippen molar-refractivity contribution in [2.45, 2.75) is 12.5 Å². The third-order valence-corrected chi connectivity index (χ3v) is 5.14. The van der Waals surface area contributed by atoms with Crippen molar-refractivity contribution < 1.29 is 9.47 Å². The number of aromatic nitrogens is 4. The van der Waals surface area contributed by atoms with E-state index in [-0.39, 0.29) is 5.95 Å². The topological polar surface area (TPSA) is 103 Å². The van der Waals surface area contributed by atoms with Crippen LogP contribution in [0.3, 0.4) is 0 Å². The maximum absolute atomic E-state index is 5.67. The van der Waals surface area contributed by atoms with Crippen molar-refractivity contribution in [1.29, 1.82) is 0 Å². The lowest BCUT2D eigenvalue weighted by molar-refractivity contribution is 0.0973. The van der Waals surface area contributed by atoms with Crippen molar-refractivity contribution in [3.05, 3.63) is 18.0 Å². The van der Waals surface area contributed by atoms with E-state index in [4.69, 9.17) is 25.2 Å². The highest BCUT2D eigenvalue weighted by Gasteiger charge is 2.37. The molecule has 2 aromatic heterocycles. The SMILES string of the molecule is Nc1ncc(-c2nc(N3CCOCC3)c3c(n2)N2CCOCC2C3)cn1. The maximum atomic E-state index is 5.67. The zero-order chi connectivity index (χ0) is 17.5. The van der Waals surface area contributed by atoms with Crippen LogP contribution in [0.1, 0.15) is 5.56 Å². The minimum absolute atomic E-state index is 0.247. The van der Waals surface area contributed by atoms with Gasteiger partial charge in [0.15, 0.2) is 5.82 Å². The van der Waals surface area contributed by atoms with Crippen LogP contribution in [0.2, 0.25) is 0 Å². The summed E-state index contributed by atoms with van der Waals surface area (Å²) in [6.07, 6.45) is 4.28. The highest BCUT2D eigenvalue weighted by molar-refractivity contribution is 5.70. The molecule has 0 radical (unpaired) electrons. The molecule has 136 valence electrons. The zero-order valence-corrected chi connectivity index (χ0v) is 14.5. The van der Waals surface area contributed by atoms with Crippen LogP contribution >= 0.6 is 0 Å². The van der Waals surface area contributed by atoms with Crippen molar-refractivity contribution in [1.82, 2.24) is 19.9 Å². The Morgan fingerprint density at radius 3 is 2.50 bits per heavy atom. The van der Waals surface area contributed by atoms with Crippen molar-refractivity contribution in [3.63, 3.8) is 0 Å². The molecule has 0 amide bonds. The van der Waals surface area contributed by atoms with Crippen LogP contribution in [-0.2, 0) is 15.9 Å². The molecule has 0 saturated carbocycles. The first-order valence-corrected chi connectivity index (χ1v) is 8.95. The summed E-state index contributed by atoms with van der Waals surface area (Å²) in [6.45, 7) is 5.43. The van der Waals surface area contributed by atoms with Gasteiger partial charge in [0.1, 0.15) is 11.6 Å². The molecule has 9 heteroatoms. The Balaban J connectivity index is 1.62. The van der Waals surface area contributed by atoms with E-state index in [9.17, 15) is 0 Å². The van der Waals surface area contributed by atoms with Gasteiger partial charge in [-0.25, -0.2) is 19.9 Å². The number of nitrogens with zero attached hydrogens (tertiary/aromatic N) is 6. The van der Waals surface area contributed by atoms with E-state index >= 15 is 0 Å². The molecule has 0 aromatic carbocycles. The van der Waals surface area contributed by atoms with Gasteiger partial charge in [-0.05, 0) is 0 Å². The minimum atomic E-state index is 0.247. The Hall–Kier alpha value is -2.52. The molecule has 9 nitrogen and oxygen atoms in total. The molecule has 26 heavy (non-hydrogen) atoms. The Bertz CT molecular complexity index is 808. The summed E-state index contributed by atoms with van der Waals surface area (Å²) in [4.78, 5) is 22.6. The van der Waals surface area contributed by atoms with Gasteiger partial charge >= 0.3 is 0 Å². The third kappa shape index (κ3) is 2.63. The standard InChI is InChI=1S/C17H21N7O2/c18-17-19-8-11(9-20-17)14-21-15(23-1-4-25-5-2-23)13-7-12-10-26-6-3-24(12)16(13)22-14/h8-9,12H,1-7,10H2,(H2,18,19,20). The van der Waals surface area contributed by atoms with Gasteiger partial charge in [0.25, 0.3) is 0 Å². The Morgan fingerprint density at radius 2 is 1.69 bits per heavy atom. The summed E-state index contributed by atoms with van der Waals surface area (Å²) in [5, 5.41) is 0. The van der Waals surface area contributed by atoms with Crippen LogP contribution in [0.5, 0.6) is 0 Å². The quantitative estimate of drug-likeness (QED) is 0.804. The molecule has 0 aliphatic carbocycles. The van der Waals surface area contributed by atoms with Gasteiger partial charge in [-0.3, -0.25) is 0 Å². The number of anilines is 3. The van der Waals surface area contributed by atoms with E-state index in [0.717, 1.165) is 69.7 Å². The van der Waals surface area contributed by atoms with Gasteiger partial charge < -0.3 is 25.0 Å². The molecular formula is C17H21N7O2. The Labute approximate surface area is 151 Å². The maximum Gasteiger partial charge on any atom is 0.219 e. The first-order chi connectivity index (χ1) is 12.8. The lowest BCUT2D eigenvalue weighted by atomic mass is 10.1. The average molecular weight is 355 g/mol. The molecule has 2 aromatic rings. The minimum Gasteiger partial charge on any atom is -0.378 e. The van der Waals surface area contributed by atoms with Crippen molar-refractivity contribution in [2.75, 3.05) is 61.6 Å². The molecular weight excluding hydrogens is 334 g/mol. The fourth-order valence-electron chi connectivity index (χ4n) is 3.84. The monoisotopic (exact) mass is 355 g/mol. The van der Waals surface area contributed by atoms with Crippen LogP contribution in [0.4, 0.5) is 17.6 Å². The van der Waals surface area contributed by atoms with Gasteiger partial charge in [-0.1, -0.05) is 0 Å². The van der Waals surface area contributed by atoms with Crippen molar-refractivity contribution in [2.24, 2.45) is 0 Å². The lowest BCUT2D eigenvalue weighted by Crippen LogP contribution is -2.43. The smallest absolute Gasteiger partial charge is 0.219 e. The number of nitrogen functional groups attached to an aromatic ring is 1. The predicted molar refractivity (Wildman–Crippen MR) is 96.2 cm³/mol. The molecule has 0 bridgehead atoms. The number of nitrogens with two attached hydrogens (primary N) is 1. The largest absolute Gasteiger partial charge is 0.378 e. The predicted octanol–water partition coefficient (Wildman–Crippen LogP) is 0.114. The molecule has 5 rings (SSSR count). The molecule has 3 aliphatic heterocycles. The van der Waals surface area contributed by atoms with E-state index in [1.54, 1.807) is 12.4 Å². The molecule has 5 heterocycles. The van der Waals surface area contributed by atoms with Crippen LogP contribution in [-0.4, -0.2) is 72.0 Å². The summed E-state index contributed by atoms with van der Waals surface area (Å²) < 4.78 is 11.2. The zero-order valence-electron chi connectivity index (χ0n) is 14.5. The molecule has 0 spiro atoms. The highest BCUT2D eigenvalue weighted by Crippen LogP contribution is 2.39. The molecule has 1 atom stereocenters. The fraction of sp³-hybridized carbons (Fsp3) is 0.529. The fourth-order valence-corrected chi connectivity index (χ4v) is 3.84. The normalized spacial score (nSPS) is 22.2. The van der Waals surface area contributed by atoms with E-state index in [2.05, 4.69) is 19.8 Å². The van der Waals surface area contributed by atoms with Crippen molar-refractivity contribution >= 4 is 17.6 Å². The highest BCUT2D eigenvalue weighted by atomic mass is 16.5. The number of rotatable bonds is 2. The Morgan fingerprint density at radius 1 is 0.962 bits per heavy atom. The second-order valence-electron chi connectivity index (χ2n) is 6.73. The summed E-state index contributed by atoms with van der Waals surface area (Å²) in [5.41, 5.74) is 7.60. The van der Waals surface area contributed by atoms with Crippen LogP contribution in [0, 0.1) is 0 Å². The van der Waals surface area contributed by atoms with Gasteiger partial charge in [-0.2, -0.15) is 0 Å². The Kier molecular flexibility index (Phi) is 3.83. The van der Waals surface area contributed by atoms with E-state index in [1.165, 1.54) is 5.56 Å². The third-order valence-electron chi connectivity index (χ3n) is 5.14. The summed E-state index contributed by atoms with van der Waals surface area (Å²) in [5.74, 6) is 2.90. The first-order valence-electron chi connectivity index (χ1n) is 8.95. The molecule has 2 fully saturated rings.